The molecule has 3 rings (SSSR count). The maximum Gasteiger partial charge on any atom is 0.378 e. The average Bonchev–Trinajstić information content (AvgIpc) is 3.11. The lowest BCUT2D eigenvalue weighted by Crippen LogP contribution is -2.35. The van der Waals surface area contributed by atoms with Crippen molar-refractivity contribution in [3.8, 4) is 0 Å². The zero-order chi connectivity index (χ0) is 21.2. The van der Waals surface area contributed by atoms with Gasteiger partial charge in [-0.05, 0) is 0 Å². The molecule has 2 heterocycles. The van der Waals surface area contributed by atoms with E-state index in [0.29, 0.717) is 5.06 Å². The zero-order valence-electron chi connectivity index (χ0n) is 15.8. The average molecular weight is 405 g/mol. The molecule has 0 saturated carbocycles. The molecule has 0 unspecified atom stereocenters. The molecule has 2 aliphatic rings. The van der Waals surface area contributed by atoms with Gasteiger partial charge in [-0.25, -0.2) is 9.59 Å². The summed E-state index contributed by atoms with van der Waals surface area (Å²) in [5, 5.41) is 0.367. The van der Waals surface area contributed by atoms with E-state index in [-0.39, 0.29) is 18.4 Å². The monoisotopic (exact) mass is 405 g/mol. The van der Waals surface area contributed by atoms with E-state index < -0.39 is 54.1 Å². The predicted molar refractivity (Wildman–Crippen MR) is 92.1 cm³/mol. The Kier molecular flexibility index (Phi) is 5.64. The summed E-state index contributed by atoms with van der Waals surface area (Å²) < 4.78 is 15.5. The van der Waals surface area contributed by atoms with Crippen molar-refractivity contribution in [2.75, 3.05) is 0 Å². The van der Waals surface area contributed by atoms with Crippen LogP contribution in [0.15, 0.2) is 30.3 Å². The van der Waals surface area contributed by atoms with Gasteiger partial charge in [0.05, 0.1) is 6.42 Å². The van der Waals surface area contributed by atoms with Gasteiger partial charge in [-0.3, -0.25) is 14.4 Å². The highest BCUT2D eigenvalue weighted by Gasteiger charge is 2.43. The summed E-state index contributed by atoms with van der Waals surface area (Å²) in [6, 6.07) is 7.92. The van der Waals surface area contributed by atoms with Gasteiger partial charge in [0.25, 0.3) is 11.8 Å². The van der Waals surface area contributed by atoms with Crippen molar-refractivity contribution in [3.05, 3.63) is 35.9 Å². The minimum Gasteiger partial charge on any atom is -0.445 e. The molecule has 0 aromatic heterocycles. The highest BCUT2D eigenvalue weighted by molar-refractivity contribution is 6.01. The van der Waals surface area contributed by atoms with Gasteiger partial charge in [-0.15, -0.1) is 5.06 Å². The number of hydrogen-bond acceptors (Lipinski definition) is 9. The lowest BCUT2D eigenvalue weighted by molar-refractivity contribution is -0.206. The molecule has 0 spiro atoms. The lowest BCUT2D eigenvalue weighted by atomic mass is 10.1. The summed E-state index contributed by atoms with van der Waals surface area (Å²) in [7, 11) is 0. The first-order valence-corrected chi connectivity index (χ1v) is 8.89. The Bertz CT molecular complexity index is 832. The minimum atomic E-state index is -1.55. The van der Waals surface area contributed by atoms with Crippen LogP contribution in [-0.4, -0.2) is 46.7 Å². The molecule has 2 aliphatic heterocycles. The van der Waals surface area contributed by atoms with Crippen molar-refractivity contribution >= 4 is 29.7 Å². The van der Waals surface area contributed by atoms with Gasteiger partial charge in [0.1, 0.15) is 0 Å². The van der Waals surface area contributed by atoms with Gasteiger partial charge in [0, 0.05) is 32.3 Å². The first kappa shape index (κ1) is 20.5. The third kappa shape index (κ3) is 4.77. The Morgan fingerprint density at radius 3 is 2.31 bits per heavy atom. The number of ether oxygens (including phenoxy) is 3. The summed E-state index contributed by atoms with van der Waals surface area (Å²) in [5.41, 5.74) is 0.264. The predicted octanol–water partition coefficient (Wildman–Crippen LogP) is 0.946. The molecule has 2 saturated heterocycles. The minimum absolute atomic E-state index is 0.0706. The van der Waals surface area contributed by atoms with Crippen LogP contribution in [0.4, 0.5) is 0 Å². The number of carbonyl (C=O) groups excluding carboxylic acids is 5. The van der Waals surface area contributed by atoms with E-state index in [9.17, 15) is 24.0 Å². The normalized spacial score (nSPS) is 21.7. The maximum atomic E-state index is 12.6. The number of rotatable bonds is 6. The van der Waals surface area contributed by atoms with Crippen LogP contribution in [0.3, 0.4) is 0 Å². The van der Waals surface area contributed by atoms with E-state index in [4.69, 9.17) is 19.0 Å². The lowest BCUT2D eigenvalue weighted by Gasteiger charge is -2.20. The number of carbonyl (C=O) groups is 5. The SMILES string of the molecule is CC1(C)OC(=O)[C@H](CC(=O)O[C@H](C(=O)ON2C(=O)CCC2=O)c2ccccc2)O1. The van der Waals surface area contributed by atoms with Crippen molar-refractivity contribution in [2.24, 2.45) is 0 Å². The molecule has 0 radical (unpaired) electrons. The van der Waals surface area contributed by atoms with Gasteiger partial charge >= 0.3 is 17.9 Å². The molecule has 0 aliphatic carbocycles. The highest BCUT2D eigenvalue weighted by atomic mass is 16.8. The summed E-state index contributed by atoms with van der Waals surface area (Å²) in [6.07, 6.45) is -3.35. The Labute approximate surface area is 165 Å². The third-order valence-corrected chi connectivity index (χ3v) is 4.14. The molecule has 2 atom stereocenters. The number of nitrogens with zero attached hydrogens (tertiary/aromatic N) is 1. The maximum absolute atomic E-state index is 12.6. The Morgan fingerprint density at radius 1 is 1.14 bits per heavy atom. The molecule has 2 fully saturated rings. The van der Waals surface area contributed by atoms with Gasteiger partial charge in [0.15, 0.2) is 6.10 Å². The topological polar surface area (TPSA) is 126 Å². The van der Waals surface area contributed by atoms with Crippen LogP contribution in [0.1, 0.15) is 44.8 Å². The van der Waals surface area contributed by atoms with E-state index in [2.05, 4.69) is 0 Å². The summed E-state index contributed by atoms with van der Waals surface area (Å²) in [6.45, 7) is 3.04. The van der Waals surface area contributed by atoms with Crippen LogP contribution in [0.5, 0.6) is 0 Å². The number of amides is 2. The van der Waals surface area contributed by atoms with Crippen molar-refractivity contribution in [2.45, 2.75) is 51.1 Å². The number of hydrogen-bond donors (Lipinski definition) is 0. The van der Waals surface area contributed by atoms with Crippen LogP contribution >= 0.6 is 0 Å². The van der Waals surface area contributed by atoms with Crippen LogP contribution < -0.4 is 0 Å². The van der Waals surface area contributed by atoms with Gasteiger partial charge in [-0.1, -0.05) is 30.3 Å². The summed E-state index contributed by atoms with van der Waals surface area (Å²) in [4.78, 5) is 64.9. The van der Waals surface area contributed by atoms with Crippen molar-refractivity contribution in [3.63, 3.8) is 0 Å². The third-order valence-electron chi connectivity index (χ3n) is 4.14. The molecule has 29 heavy (non-hydrogen) atoms. The van der Waals surface area contributed by atoms with E-state index in [0.717, 1.165) is 0 Å². The molecule has 1 aromatic rings. The molecule has 1 aromatic carbocycles. The molecule has 154 valence electrons. The van der Waals surface area contributed by atoms with Gasteiger partial charge in [0.2, 0.25) is 11.9 Å². The van der Waals surface area contributed by atoms with Crippen molar-refractivity contribution in [1.82, 2.24) is 5.06 Å². The largest absolute Gasteiger partial charge is 0.445 e. The zero-order valence-corrected chi connectivity index (χ0v) is 15.8. The number of esters is 2. The van der Waals surface area contributed by atoms with E-state index in [1.807, 2.05) is 0 Å². The van der Waals surface area contributed by atoms with Crippen LogP contribution in [0.25, 0.3) is 0 Å². The fourth-order valence-electron chi connectivity index (χ4n) is 2.85. The first-order chi connectivity index (χ1) is 13.7. The Balaban J connectivity index is 1.71. The van der Waals surface area contributed by atoms with Crippen molar-refractivity contribution < 1.29 is 43.0 Å². The fourth-order valence-corrected chi connectivity index (χ4v) is 2.85. The molecule has 10 heteroatoms. The van der Waals surface area contributed by atoms with Crippen LogP contribution in [0.2, 0.25) is 0 Å². The standard InChI is InChI=1S/C19H19NO9/c1-19(2)27-12(17(24)28-19)10-15(23)26-16(11-6-4-3-5-7-11)18(25)29-20-13(21)8-9-14(20)22/h3-7,12,16H,8-10H2,1-2H3/t12-,16-/m0/s1. The van der Waals surface area contributed by atoms with E-state index in [1.54, 1.807) is 18.2 Å². The fraction of sp³-hybridized carbons (Fsp3) is 0.421. The molecule has 0 N–H and O–H groups in total. The molecule has 0 bridgehead atoms. The Hall–Kier alpha value is -3.27. The molecule has 10 nitrogen and oxygen atoms in total. The second kappa shape index (κ2) is 8.00. The van der Waals surface area contributed by atoms with Crippen LogP contribution in [-0.2, 0) is 43.0 Å². The van der Waals surface area contributed by atoms with Crippen LogP contribution in [0, 0.1) is 0 Å². The highest BCUT2D eigenvalue weighted by Crippen LogP contribution is 2.27. The molecular weight excluding hydrogens is 386 g/mol. The van der Waals surface area contributed by atoms with E-state index >= 15 is 0 Å². The van der Waals surface area contributed by atoms with Crippen molar-refractivity contribution in [1.29, 1.82) is 0 Å². The smallest absolute Gasteiger partial charge is 0.378 e. The summed E-state index contributed by atoms with van der Waals surface area (Å²) in [5.74, 6) is -5.26. The number of hydroxylamine groups is 2. The summed E-state index contributed by atoms with van der Waals surface area (Å²) >= 11 is 0. The second-order valence-electron chi connectivity index (χ2n) is 6.90. The Morgan fingerprint density at radius 2 is 1.76 bits per heavy atom. The molecular formula is C19H19NO9. The number of benzene rings is 1. The quantitative estimate of drug-likeness (QED) is 0.502. The molecule has 2 amide bonds. The van der Waals surface area contributed by atoms with Gasteiger partial charge < -0.3 is 19.0 Å². The van der Waals surface area contributed by atoms with E-state index in [1.165, 1.54) is 26.0 Å². The second-order valence-corrected chi connectivity index (χ2v) is 6.90. The van der Waals surface area contributed by atoms with Gasteiger partial charge in [-0.2, -0.15) is 0 Å². The number of imide groups is 1. The first-order valence-electron chi connectivity index (χ1n) is 8.89. The number of cyclic esters (lactones) is 1.